The molecule has 1 aromatic rings. The van der Waals surface area contributed by atoms with Crippen molar-refractivity contribution in [1.82, 2.24) is 9.80 Å². The summed E-state index contributed by atoms with van der Waals surface area (Å²) in [6.45, 7) is 11.0. The van der Waals surface area contributed by atoms with Gasteiger partial charge >= 0.3 is 6.18 Å². The van der Waals surface area contributed by atoms with E-state index >= 15 is 0 Å². The number of rotatable bonds is 5. The minimum Gasteiger partial charge on any atom is -0.301 e. The Hall–Kier alpha value is -1.07. The van der Waals surface area contributed by atoms with Gasteiger partial charge in [0.25, 0.3) is 0 Å². The lowest BCUT2D eigenvalue weighted by Gasteiger charge is -2.35. The van der Waals surface area contributed by atoms with E-state index in [0.717, 1.165) is 44.7 Å². The third kappa shape index (κ3) is 4.95. The average molecular weight is 328 g/mol. The average Bonchev–Trinajstić information content (AvgIpc) is 2.48. The van der Waals surface area contributed by atoms with Crippen molar-refractivity contribution in [1.29, 1.82) is 0 Å². The van der Waals surface area contributed by atoms with Gasteiger partial charge in [-0.1, -0.05) is 32.9 Å². The summed E-state index contributed by atoms with van der Waals surface area (Å²) in [4.78, 5) is 4.51. The Morgan fingerprint density at radius 2 is 1.65 bits per heavy atom. The van der Waals surface area contributed by atoms with Crippen LogP contribution < -0.4 is 0 Å². The highest BCUT2D eigenvalue weighted by molar-refractivity contribution is 5.35. The Labute approximate surface area is 137 Å². The van der Waals surface area contributed by atoms with E-state index in [9.17, 15) is 13.2 Å². The molecule has 23 heavy (non-hydrogen) atoms. The molecular weight excluding hydrogens is 301 g/mol. The Balaban J connectivity index is 2.11. The van der Waals surface area contributed by atoms with E-state index in [4.69, 9.17) is 0 Å². The molecule has 2 rings (SSSR count). The normalized spacial score (nSPS) is 17.9. The summed E-state index contributed by atoms with van der Waals surface area (Å²) in [6, 6.07) is 4.83. The van der Waals surface area contributed by atoms with Gasteiger partial charge in [-0.25, -0.2) is 0 Å². The van der Waals surface area contributed by atoms with Crippen LogP contribution in [0.25, 0.3) is 0 Å². The van der Waals surface area contributed by atoms with Gasteiger partial charge in [-0.15, -0.1) is 0 Å². The molecule has 1 aromatic carbocycles. The largest absolute Gasteiger partial charge is 0.416 e. The van der Waals surface area contributed by atoms with Crippen molar-refractivity contribution in [3.63, 3.8) is 0 Å². The lowest BCUT2D eigenvalue weighted by molar-refractivity contribution is -0.138. The monoisotopic (exact) mass is 328 g/mol. The fourth-order valence-electron chi connectivity index (χ4n) is 3.08. The van der Waals surface area contributed by atoms with Crippen molar-refractivity contribution < 1.29 is 13.2 Å². The fourth-order valence-corrected chi connectivity index (χ4v) is 3.08. The van der Waals surface area contributed by atoms with Crippen molar-refractivity contribution in [3.05, 3.63) is 34.9 Å². The molecule has 2 nitrogen and oxygen atoms in total. The third-order valence-corrected chi connectivity index (χ3v) is 4.50. The first kappa shape index (κ1) is 18.3. The van der Waals surface area contributed by atoms with Gasteiger partial charge < -0.3 is 4.90 Å². The topological polar surface area (TPSA) is 6.48 Å². The predicted octanol–water partition coefficient (Wildman–Crippen LogP) is 4.36. The van der Waals surface area contributed by atoms with Crippen LogP contribution in [0.3, 0.4) is 0 Å². The summed E-state index contributed by atoms with van der Waals surface area (Å²) in [5.74, 6) is 0.0998. The fraction of sp³-hybridized carbons (Fsp3) is 0.667. The van der Waals surface area contributed by atoms with Crippen molar-refractivity contribution in [2.75, 3.05) is 32.7 Å². The highest BCUT2D eigenvalue weighted by Crippen LogP contribution is 2.34. The van der Waals surface area contributed by atoms with E-state index in [1.54, 1.807) is 6.07 Å². The Morgan fingerprint density at radius 1 is 1.04 bits per heavy atom. The number of hydrogen-bond acceptors (Lipinski definition) is 2. The van der Waals surface area contributed by atoms with Crippen LogP contribution in [0.2, 0.25) is 0 Å². The quantitative estimate of drug-likeness (QED) is 0.792. The van der Waals surface area contributed by atoms with Crippen molar-refractivity contribution in [3.8, 4) is 0 Å². The Kier molecular flexibility index (Phi) is 6.09. The first-order valence-electron chi connectivity index (χ1n) is 8.46. The van der Waals surface area contributed by atoms with Gasteiger partial charge in [0.05, 0.1) is 5.56 Å². The van der Waals surface area contributed by atoms with Gasteiger partial charge in [-0.05, 0) is 36.1 Å². The van der Waals surface area contributed by atoms with Crippen LogP contribution in [0.4, 0.5) is 13.2 Å². The number of halogens is 3. The van der Waals surface area contributed by atoms with Crippen LogP contribution in [-0.2, 0) is 12.7 Å². The SMILES string of the molecule is CCCN1CCN(Cc2ccc(C(C)C)cc2C(F)(F)F)CC1. The van der Waals surface area contributed by atoms with Crippen LogP contribution in [0.15, 0.2) is 18.2 Å². The molecule has 1 heterocycles. The number of piperazine rings is 1. The highest BCUT2D eigenvalue weighted by Gasteiger charge is 2.34. The summed E-state index contributed by atoms with van der Waals surface area (Å²) in [5.41, 5.74) is 0.666. The van der Waals surface area contributed by atoms with Crippen LogP contribution in [-0.4, -0.2) is 42.5 Å². The molecule has 0 atom stereocenters. The van der Waals surface area contributed by atoms with E-state index in [1.807, 2.05) is 19.9 Å². The molecule has 0 bridgehead atoms. The van der Waals surface area contributed by atoms with Gasteiger partial charge in [0.2, 0.25) is 0 Å². The minimum absolute atomic E-state index is 0.0998. The maximum Gasteiger partial charge on any atom is 0.416 e. The number of benzene rings is 1. The molecule has 0 radical (unpaired) electrons. The minimum atomic E-state index is -4.29. The maximum atomic E-state index is 13.4. The summed E-state index contributed by atoms with van der Waals surface area (Å²) in [7, 11) is 0. The molecule has 1 aliphatic rings. The van der Waals surface area contributed by atoms with E-state index in [2.05, 4.69) is 16.7 Å². The molecule has 0 amide bonds. The maximum absolute atomic E-state index is 13.4. The summed E-state index contributed by atoms with van der Waals surface area (Å²) in [5, 5.41) is 0. The van der Waals surface area contributed by atoms with Gasteiger partial charge in [0.1, 0.15) is 0 Å². The molecule has 0 aliphatic carbocycles. The van der Waals surface area contributed by atoms with Crippen molar-refractivity contribution in [2.45, 2.75) is 45.8 Å². The van der Waals surface area contributed by atoms with E-state index < -0.39 is 11.7 Å². The third-order valence-electron chi connectivity index (χ3n) is 4.50. The molecule has 0 aromatic heterocycles. The van der Waals surface area contributed by atoms with E-state index in [0.29, 0.717) is 12.1 Å². The second-order valence-corrected chi connectivity index (χ2v) is 6.69. The molecule has 0 spiro atoms. The van der Waals surface area contributed by atoms with Crippen molar-refractivity contribution >= 4 is 0 Å². The number of nitrogens with zero attached hydrogens (tertiary/aromatic N) is 2. The van der Waals surface area contributed by atoms with Gasteiger partial charge in [-0.3, -0.25) is 4.90 Å². The molecule has 1 saturated heterocycles. The van der Waals surface area contributed by atoms with Crippen LogP contribution in [0, 0.1) is 0 Å². The predicted molar refractivity (Wildman–Crippen MR) is 87.5 cm³/mol. The van der Waals surface area contributed by atoms with Crippen molar-refractivity contribution in [2.24, 2.45) is 0 Å². The first-order chi connectivity index (χ1) is 10.8. The van der Waals surface area contributed by atoms with Crippen LogP contribution in [0.5, 0.6) is 0 Å². The van der Waals surface area contributed by atoms with Gasteiger partial charge in [0.15, 0.2) is 0 Å². The Morgan fingerprint density at radius 3 is 2.17 bits per heavy atom. The molecule has 1 aliphatic heterocycles. The zero-order valence-corrected chi connectivity index (χ0v) is 14.3. The zero-order chi connectivity index (χ0) is 17.0. The van der Waals surface area contributed by atoms with Crippen LogP contribution >= 0.6 is 0 Å². The van der Waals surface area contributed by atoms with E-state index in [1.165, 1.54) is 6.07 Å². The van der Waals surface area contributed by atoms with E-state index in [-0.39, 0.29) is 5.92 Å². The smallest absolute Gasteiger partial charge is 0.301 e. The molecule has 0 saturated carbocycles. The zero-order valence-electron chi connectivity index (χ0n) is 14.3. The molecular formula is C18H27F3N2. The summed E-state index contributed by atoms with van der Waals surface area (Å²) >= 11 is 0. The lowest BCUT2D eigenvalue weighted by atomic mass is 9.96. The number of alkyl halides is 3. The lowest BCUT2D eigenvalue weighted by Crippen LogP contribution is -2.46. The van der Waals surface area contributed by atoms with Gasteiger partial charge in [0, 0.05) is 32.7 Å². The molecule has 1 fully saturated rings. The Bertz CT molecular complexity index is 503. The molecule has 0 unspecified atom stereocenters. The second-order valence-electron chi connectivity index (χ2n) is 6.69. The van der Waals surface area contributed by atoms with Gasteiger partial charge in [-0.2, -0.15) is 13.2 Å². The highest BCUT2D eigenvalue weighted by atomic mass is 19.4. The summed E-state index contributed by atoms with van der Waals surface area (Å²) in [6.07, 6.45) is -3.17. The summed E-state index contributed by atoms with van der Waals surface area (Å²) < 4.78 is 40.1. The molecule has 5 heteroatoms. The standard InChI is InChI=1S/C18H27F3N2/c1-4-7-22-8-10-23(11-9-22)13-16-6-5-15(14(2)3)12-17(16)18(19,20)21/h5-6,12,14H,4,7-11,13H2,1-3H3. The first-order valence-corrected chi connectivity index (χ1v) is 8.46. The molecule has 130 valence electrons. The van der Waals surface area contributed by atoms with Crippen LogP contribution in [0.1, 0.15) is 49.8 Å². The second kappa shape index (κ2) is 7.67. The number of hydrogen-bond donors (Lipinski definition) is 0. The molecule has 0 N–H and O–H groups in total.